The zero-order valence-corrected chi connectivity index (χ0v) is 10.3. The van der Waals surface area contributed by atoms with Crippen molar-refractivity contribution in [1.82, 2.24) is 4.98 Å². The molecule has 1 aliphatic rings. The second kappa shape index (κ2) is 4.89. The molecule has 6 nitrogen and oxygen atoms in total. The number of hydrogen-bond acceptors (Lipinski definition) is 5. The first-order chi connectivity index (χ1) is 9.22. The van der Waals surface area contributed by atoms with E-state index in [4.69, 9.17) is 14.3 Å². The van der Waals surface area contributed by atoms with E-state index in [2.05, 4.69) is 4.98 Å². The summed E-state index contributed by atoms with van der Waals surface area (Å²) in [7, 11) is 0. The molecule has 1 atom stereocenters. The number of nitrogens with zero attached hydrogens (tertiary/aromatic N) is 2. The number of hydrogen-bond donors (Lipinski definition) is 1. The molecule has 2 aromatic rings. The third kappa shape index (κ3) is 2.53. The number of fused-ring (bicyclic) bond motifs is 1. The molecule has 0 saturated carbocycles. The fourth-order valence-corrected chi connectivity index (χ4v) is 2.21. The van der Waals surface area contributed by atoms with Crippen LogP contribution in [0.5, 0.6) is 0 Å². The highest BCUT2D eigenvalue weighted by molar-refractivity contribution is 5.74. The first kappa shape index (κ1) is 12.0. The summed E-state index contributed by atoms with van der Waals surface area (Å²) in [5.74, 6) is -0.857. The van der Waals surface area contributed by atoms with E-state index < -0.39 is 5.97 Å². The molecule has 1 aromatic heterocycles. The number of benzene rings is 1. The lowest BCUT2D eigenvalue weighted by molar-refractivity contribution is -0.140. The van der Waals surface area contributed by atoms with Crippen LogP contribution in [-0.4, -0.2) is 41.9 Å². The van der Waals surface area contributed by atoms with Crippen LogP contribution in [0.4, 0.5) is 6.01 Å². The number of anilines is 1. The smallest absolute Gasteiger partial charge is 0.306 e. The number of carbonyl (C=O) groups is 1. The van der Waals surface area contributed by atoms with Crippen LogP contribution in [0, 0.1) is 0 Å². The number of ether oxygens (including phenoxy) is 1. The van der Waals surface area contributed by atoms with Gasteiger partial charge in [-0.2, -0.15) is 4.98 Å². The normalized spacial score (nSPS) is 19.8. The highest BCUT2D eigenvalue weighted by Crippen LogP contribution is 2.23. The number of aliphatic carboxylic acids is 1. The third-order valence-corrected chi connectivity index (χ3v) is 3.09. The van der Waals surface area contributed by atoms with E-state index in [1.54, 1.807) is 0 Å². The van der Waals surface area contributed by atoms with Gasteiger partial charge in [0.1, 0.15) is 5.52 Å². The van der Waals surface area contributed by atoms with Gasteiger partial charge in [-0.05, 0) is 12.1 Å². The lowest BCUT2D eigenvalue weighted by Crippen LogP contribution is -2.43. The lowest BCUT2D eigenvalue weighted by atomic mass is 10.2. The second-order valence-electron chi connectivity index (χ2n) is 4.50. The van der Waals surface area contributed by atoms with Crippen molar-refractivity contribution in [3.63, 3.8) is 0 Å². The zero-order chi connectivity index (χ0) is 13.2. The van der Waals surface area contributed by atoms with Gasteiger partial charge in [-0.15, -0.1) is 0 Å². The Bertz CT molecular complexity index is 562. The Kier molecular flexibility index (Phi) is 3.08. The van der Waals surface area contributed by atoms with Gasteiger partial charge in [-0.25, -0.2) is 0 Å². The van der Waals surface area contributed by atoms with Crippen molar-refractivity contribution in [3.05, 3.63) is 24.3 Å². The minimum Gasteiger partial charge on any atom is -0.481 e. The quantitative estimate of drug-likeness (QED) is 0.903. The van der Waals surface area contributed by atoms with E-state index in [-0.39, 0.29) is 12.5 Å². The summed E-state index contributed by atoms with van der Waals surface area (Å²) in [5, 5.41) is 8.80. The average Bonchev–Trinajstić information content (AvgIpc) is 2.82. The number of para-hydroxylation sites is 2. The second-order valence-corrected chi connectivity index (χ2v) is 4.50. The van der Waals surface area contributed by atoms with Crippen LogP contribution in [0.3, 0.4) is 0 Å². The highest BCUT2D eigenvalue weighted by Gasteiger charge is 2.25. The van der Waals surface area contributed by atoms with Gasteiger partial charge in [0.05, 0.1) is 19.1 Å². The maximum atomic E-state index is 10.7. The van der Waals surface area contributed by atoms with Crippen LogP contribution >= 0.6 is 0 Å². The molecule has 1 N–H and O–H groups in total. The van der Waals surface area contributed by atoms with Gasteiger partial charge in [0.25, 0.3) is 6.01 Å². The van der Waals surface area contributed by atoms with Gasteiger partial charge in [0.15, 0.2) is 5.58 Å². The minimum absolute atomic E-state index is 0.00325. The van der Waals surface area contributed by atoms with Crippen molar-refractivity contribution in [3.8, 4) is 0 Å². The van der Waals surface area contributed by atoms with Gasteiger partial charge >= 0.3 is 5.97 Å². The van der Waals surface area contributed by atoms with Crippen LogP contribution in [-0.2, 0) is 9.53 Å². The van der Waals surface area contributed by atoms with Crippen LogP contribution in [0.1, 0.15) is 6.42 Å². The maximum absolute atomic E-state index is 10.7. The summed E-state index contributed by atoms with van der Waals surface area (Å²) in [6, 6.07) is 8.07. The first-order valence-corrected chi connectivity index (χ1v) is 6.16. The molecule has 19 heavy (non-hydrogen) atoms. The molecule has 1 aromatic carbocycles. The summed E-state index contributed by atoms with van der Waals surface area (Å²) in [6.07, 6.45) is -0.322. The van der Waals surface area contributed by atoms with Gasteiger partial charge < -0.3 is 19.2 Å². The van der Waals surface area contributed by atoms with Gasteiger partial charge in [0, 0.05) is 13.1 Å². The molecule has 3 rings (SSSR count). The Morgan fingerprint density at radius 1 is 1.47 bits per heavy atom. The molecule has 1 unspecified atom stereocenters. The molecule has 0 bridgehead atoms. The summed E-state index contributed by atoms with van der Waals surface area (Å²) < 4.78 is 11.1. The van der Waals surface area contributed by atoms with Crippen molar-refractivity contribution >= 4 is 23.1 Å². The molecular weight excluding hydrogens is 248 g/mol. The Morgan fingerprint density at radius 3 is 3.11 bits per heavy atom. The molecule has 6 heteroatoms. The fourth-order valence-electron chi connectivity index (χ4n) is 2.21. The molecular formula is C13H14N2O4. The molecule has 1 aliphatic heterocycles. The SMILES string of the molecule is O=C(O)CC1CN(c2nc3ccccc3o2)CCO1. The maximum Gasteiger partial charge on any atom is 0.306 e. The Labute approximate surface area is 109 Å². The molecule has 0 aliphatic carbocycles. The number of aromatic nitrogens is 1. The lowest BCUT2D eigenvalue weighted by Gasteiger charge is -2.30. The number of rotatable bonds is 3. The Morgan fingerprint density at radius 2 is 2.32 bits per heavy atom. The highest BCUT2D eigenvalue weighted by atomic mass is 16.5. The first-order valence-electron chi connectivity index (χ1n) is 6.16. The van der Waals surface area contributed by atoms with E-state index in [9.17, 15) is 4.79 Å². The fraction of sp³-hybridized carbons (Fsp3) is 0.385. The van der Waals surface area contributed by atoms with Gasteiger partial charge in [-0.3, -0.25) is 4.79 Å². The van der Waals surface area contributed by atoms with Gasteiger partial charge in [0.2, 0.25) is 0 Å². The van der Waals surface area contributed by atoms with E-state index >= 15 is 0 Å². The summed E-state index contributed by atoms with van der Waals surface area (Å²) in [6.45, 7) is 1.62. The Balaban J connectivity index is 1.79. The molecule has 0 radical (unpaired) electrons. The van der Waals surface area contributed by atoms with Crippen LogP contribution in [0.2, 0.25) is 0 Å². The topological polar surface area (TPSA) is 75.8 Å². The summed E-state index contributed by atoms with van der Waals surface area (Å²) in [4.78, 5) is 17.0. The predicted octanol–water partition coefficient (Wildman–Crippen LogP) is 1.51. The molecule has 2 heterocycles. The number of morpholine rings is 1. The number of carboxylic acids is 1. The monoisotopic (exact) mass is 262 g/mol. The Hall–Kier alpha value is -2.08. The van der Waals surface area contributed by atoms with Crippen LogP contribution in [0.15, 0.2) is 28.7 Å². The van der Waals surface area contributed by atoms with Crippen LogP contribution < -0.4 is 4.90 Å². The minimum atomic E-state index is -0.857. The number of oxazole rings is 1. The average molecular weight is 262 g/mol. The molecule has 0 amide bonds. The van der Waals surface area contributed by atoms with E-state index in [1.807, 2.05) is 29.2 Å². The van der Waals surface area contributed by atoms with Crippen LogP contribution in [0.25, 0.3) is 11.1 Å². The zero-order valence-electron chi connectivity index (χ0n) is 10.3. The van der Waals surface area contributed by atoms with Crippen molar-refractivity contribution in [1.29, 1.82) is 0 Å². The van der Waals surface area contributed by atoms with E-state index in [0.29, 0.717) is 25.7 Å². The predicted molar refractivity (Wildman–Crippen MR) is 68.2 cm³/mol. The van der Waals surface area contributed by atoms with Crippen molar-refractivity contribution < 1.29 is 19.1 Å². The van der Waals surface area contributed by atoms with Crippen molar-refractivity contribution in [2.45, 2.75) is 12.5 Å². The van der Waals surface area contributed by atoms with E-state index in [0.717, 1.165) is 11.1 Å². The van der Waals surface area contributed by atoms with Crippen molar-refractivity contribution in [2.75, 3.05) is 24.6 Å². The van der Waals surface area contributed by atoms with E-state index in [1.165, 1.54) is 0 Å². The third-order valence-electron chi connectivity index (χ3n) is 3.09. The standard InChI is InChI=1S/C13H14N2O4/c16-12(17)7-9-8-15(5-6-18-9)13-14-10-3-1-2-4-11(10)19-13/h1-4,9H,5-8H2,(H,16,17). The largest absolute Gasteiger partial charge is 0.481 e. The number of carboxylic acid groups (broad SMARTS) is 1. The molecule has 1 fully saturated rings. The van der Waals surface area contributed by atoms with Crippen molar-refractivity contribution in [2.24, 2.45) is 0 Å². The molecule has 1 saturated heterocycles. The summed E-state index contributed by atoms with van der Waals surface area (Å²) >= 11 is 0. The summed E-state index contributed by atoms with van der Waals surface area (Å²) in [5.41, 5.74) is 1.54. The molecule has 0 spiro atoms. The molecule has 100 valence electrons. The van der Waals surface area contributed by atoms with Gasteiger partial charge in [-0.1, -0.05) is 12.1 Å².